The molecule has 1 aromatic heterocycles. The van der Waals surface area contributed by atoms with Crippen LogP contribution in [-0.4, -0.2) is 11.5 Å². The Kier molecular flexibility index (Phi) is 3.19. The lowest BCUT2D eigenvalue weighted by Crippen LogP contribution is -2.22. The van der Waals surface area contributed by atoms with E-state index in [1.807, 2.05) is 0 Å². The summed E-state index contributed by atoms with van der Waals surface area (Å²) in [7, 11) is 0. The molecule has 6 heteroatoms. The molecule has 0 spiro atoms. The molecule has 2 rings (SSSR count). The summed E-state index contributed by atoms with van der Waals surface area (Å²) < 4.78 is 26.3. The average Bonchev–Trinajstić information content (AvgIpc) is 2.18. The first-order chi connectivity index (χ1) is 7.70. The third-order valence-electron chi connectivity index (χ3n) is 2.85. The zero-order valence-electron chi connectivity index (χ0n) is 8.76. The van der Waals surface area contributed by atoms with E-state index in [1.54, 1.807) is 0 Å². The molecule has 0 aliphatic heterocycles. The van der Waals surface area contributed by atoms with E-state index in [2.05, 4.69) is 15.7 Å². The molecule has 88 valence electrons. The second-order valence-corrected chi connectivity index (χ2v) is 3.97. The number of halogens is 2. The second kappa shape index (κ2) is 4.61. The number of nitrogens with zero attached hydrogens (tertiary/aromatic N) is 1. The van der Waals surface area contributed by atoms with Gasteiger partial charge in [0.05, 0.1) is 0 Å². The van der Waals surface area contributed by atoms with Gasteiger partial charge in [0.15, 0.2) is 23.3 Å². The Labute approximate surface area is 92.2 Å². The zero-order valence-corrected chi connectivity index (χ0v) is 8.76. The minimum atomic E-state index is -0.797. The highest BCUT2D eigenvalue weighted by Crippen LogP contribution is 2.27. The van der Waals surface area contributed by atoms with Gasteiger partial charge in [0.25, 0.3) is 0 Å². The van der Waals surface area contributed by atoms with Crippen molar-refractivity contribution in [1.29, 1.82) is 0 Å². The van der Waals surface area contributed by atoms with E-state index in [9.17, 15) is 8.78 Å². The molecule has 0 saturated heterocycles. The number of nitrogens with two attached hydrogens (primary N) is 1. The van der Waals surface area contributed by atoms with Crippen LogP contribution in [0.25, 0.3) is 0 Å². The van der Waals surface area contributed by atoms with Crippen LogP contribution in [0.4, 0.5) is 20.4 Å². The van der Waals surface area contributed by atoms with Crippen LogP contribution in [0.15, 0.2) is 6.07 Å². The van der Waals surface area contributed by atoms with Gasteiger partial charge in [-0.1, -0.05) is 6.42 Å². The summed E-state index contributed by atoms with van der Waals surface area (Å²) in [6.07, 6.45) is 3.52. The van der Waals surface area contributed by atoms with Gasteiger partial charge in [-0.25, -0.2) is 19.6 Å². The van der Waals surface area contributed by atoms with Crippen molar-refractivity contribution in [3.63, 3.8) is 0 Å². The molecule has 0 aromatic carbocycles. The molecular formula is C10H14F2N4. The number of hydrogen-bond acceptors (Lipinski definition) is 4. The number of pyridine rings is 1. The van der Waals surface area contributed by atoms with E-state index in [0.717, 1.165) is 18.9 Å². The zero-order chi connectivity index (χ0) is 11.5. The Morgan fingerprint density at radius 1 is 1.31 bits per heavy atom. The Morgan fingerprint density at radius 2 is 2.00 bits per heavy atom. The van der Waals surface area contributed by atoms with Crippen molar-refractivity contribution in [3.05, 3.63) is 17.7 Å². The summed E-state index contributed by atoms with van der Waals surface area (Å²) >= 11 is 0. The van der Waals surface area contributed by atoms with E-state index in [0.29, 0.717) is 12.5 Å². The van der Waals surface area contributed by atoms with Crippen molar-refractivity contribution >= 4 is 11.6 Å². The summed E-state index contributed by atoms with van der Waals surface area (Å²) in [5.74, 6) is 4.02. The van der Waals surface area contributed by atoms with Crippen molar-refractivity contribution in [3.8, 4) is 0 Å². The molecule has 0 atom stereocenters. The molecule has 1 fully saturated rings. The summed E-state index contributed by atoms with van der Waals surface area (Å²) in [5.41, 5.74) is 2.09. The number of aromatic nitrogens is 1. The van der Waals surface area contributed by atoms with Gasteiger partial charge in [-0.15, -0.1) is 0 Å². The first-order valence-corrected chi connectivity index (χ1v) is 5.27. The minimum absolute atomic E-state index is 0.0428. The van der Waals surface area contributed by atoms with Crippen LogP contribution >= 0.6 is 0 Å². The Hall–Kier alpha value is -1.43. The van der Waals surface area contributed by atoms with Crippen molar-refractivity contribution in [2.45, 2.75) is 19.3 Å². The fraction of sp³-hybridized carbons (Fsp3) is 0.500. The predicted molar refractivity (Wildman–Crippen MR) is 57.8 cm³/mol. The molecule has 1 aliphatic rings. The largest absolute Gasteiger partial charge is 0.367 e. The van der Waals surface area contributed by atoms with Crippen LogP contribution in [0, 0.1) is 17.6 Å². The normalized spacial score (nSPS) is 15.7. The lowest BCUT2D eigenvalue weighted by atomic mass is 9.85. The van der Waals surface area contributed by atoms with Gasteiger partial charge in [-0.2, -0.15) is 0 Å². The highest BCUT2D eigenvalue weighted by Gasteiger charge is 2.18. The number of nitrogen functional groups attached to an aromatic ring is 1. The molecule has 0 amide bonds. The molecule has 16 heavy (non-hydrogen) atoms. The van der Waals surface area contributed by atoms with E-state index in [-0.39, 0.29) is 11.6 Å². The van der Waals surface area contributed by atoms with Gasteiger partial charge in [0.1, 0.15) is 0 Å². The second-order valence-electron chi connectivity index (χ2n) is 3.97. The first kappa shape index (κ1) is 11.1. The number of nitrogens with one attached hydrogen (secondary N) is 2. The van der Waals surface area contributed by atoms with E-state index in [1.165, 1.54) is 6.42 Å². The first-order valence-electron chi connectivity index (χ1n) is 5.27. The predicted octanol–water partition coefficient (Wildman–Crippen LogP) is 1.86. The van der Waals surface area contributed by atoms with Crippen molar-refractivity contribution in [2.75, 3.05) is 17.3 Å². The van der Waals surface area contributed by atoms with Crippen LogP contribution in [-0.2, 0) is 0 Å². The van der Waals surface area contributed by atoms with Crippen LogP contribution in [0.3, 0.4) is 0 Å². The Balaban J connectivity index is 2.06. The summed E-state index contributed by atoms with van der Waals surface area (Å²) in [5, 5.41) is 2.87. The third kappa shape index (κ3) is 2.21. The minimum Gasteiger partial charge on any atom is -0.367 e. The SMILES string of the molecule is NNc1nc(NCC2CCC2)c(F)cc1F. The van der Waals surface area contributed by atoms with Crippen LogP contribution in [0.1, 0.15) is 19.3 Å². The van der Waals surface area contributed by atoms with E-state index < -0.39 is 11.6 Å². The van der Waals surface area contributed by atoms with Gasteiger partial charge < -0.3 is 10.7 Å². The molecule has 0 bridgehead atoms. The summed E-state index contributed by atoms with van der Waals surface area (Å²) in [6, 6.07) is 0.769. The standard InChI is InChI=1S/C10H14F2N4/c11-7-4-8(12)10(16-13)15-9(7)14-5-6-2-1-3-6/h4,6H,1-3,5,13H2,(H2,14,15,16). The topological polar surface area (TPSA) is 63.0 Å². The van der Waals surface area contributed by atoms with Crippen molar-refractivity contribution in [1.82, 2.24) is 4.98 Å². The molecule has 1 saturated carbocycles. The smallest absolute Gasteiger partial charge is 0.178 e. The number of hydrogen-bond donors (Lipinski definition) is 3. The molecule has 4 nitrogen and oxygen atoms in total. The molecule has 0 radical (unpaired) electrons. The number of hydrazine groups is 1. The number of rotatable bonds is 4. The molecule has 0 unspecified atom stereocenters. The average molecular weight is 228 g/mol. The van der Waals surface area contributed by atoms with Crippen LogP contribution in [0.5, 0.6) is 0 Å². The van der Waals surface area contributed by atoms with Gasteiger partial charge in [0.2, 0.25) is 0 Å². The van der Waals surface area contributed by atoms with Gasteiger partial charge >= 0.3 is 0 Å². The third-order valence-corrected chi connectivity index (χ3v) is 2.85. The van der Waals surface area contributed by atoms with Crippen LogP contribution in [0.2, 0.25) is 0 Å². The maximum absolute atomic E-state index is 13.3. The lowest BCUT2D eigenvalue weighted by Gasteiger charge is -2.25. The fourth-order valence-corrected chi connectivity index (χ4v) is 1.63. The molecule has 1 aromatic rings. The maximum atomic E-state index is 13.3. The van der Waals surface area contributed by atoms with Gasteiger partial charge in [0, 0.05) is 12.6 Å². The number of anilines is 2. The highest BCUT2D eigenvalue weighted by molar-refractivity contribution is 5.46. The summed E-state index contributed by atoms with van der Waals surface area (Å²) in [6.45, 7) is 0.666. The fourth-order valence-electron chi connectivity index (χ4n) is 1.63. The Morgan fingerprint density at radius 3 is 2.56 bits per heavy atom. The van der Waals surface area contributed by atoms with Crippen molar-refractivity contribution in [2.24, 2.45) is 11.8 Å². The summed E-state index contributed by atoms with van der Waals surface area (Å²) in [4.78, 5) is 3.72. The quantitative estimate of drug-likeness (QED) is 0.543. The Bertz CT molecular complexity index is 379. The molecule has 4 N–H and O–H groups in total. The molecule has 1 aliphatic carbocycles. The molecular weight excluding hydrogens is 214 g/mol. The van der Waals surface area contributed by atoms with Crippen molar-refractivity contribution < 1.29 is 8.78 Å². The lowest BCUT2D eigenvalue weighted by molar-refractivity contribution is 0.333. The highest BCUT2D eigenvalue weighted by atomic mass is 19.1. The van der Waals surface area contributed by atoms with E-state index in [4.69, 9.17) is 5.84 Å². The van der Waals surface area contributed by atoms with Crippen LogP contribution < -0.4 is 16.6 Å². The van der Waals surface area contributed by atoms with E-state index >= 15 is 0 Å². The maximum Gasteiger partial charge on any atom is 0.178 e. The monoisotopic (exact) mass is 228 g/mol. The van der Waals surface area contributed by atoms with Gasteiger partial charge in [-0.05, 0) is 18.8 Å². The molecule has 1 heterocycles. The van der Waals surface area contributed by atoms with Gasteiger partial charge in [-0.3, -0.25) is 0 Å².